The largest absolute Gasteiger partial charge is 0.465 e. The van der Waals surface area contributed by atoms with Crippen LogP contribution in [0.2, 0.25) is 0 Å². The molecule has 0 fully saturated rings. The summed E-state index contributed by atoms with van der Waals surface area (Å²) in [5.74, 6) is 0.148. The summed E-state index contributed by atoms with van der Waals surface area (Å²) in [5.41, 5.74) is 0.997. The van der Waals surface area contributed by atoms with Crippen molar-refractivity contribution in [3.05, 3.63) is 60.2 Å². The van der Waals surface area contributed by atoms with E-state index in [0.717, 1.165) is 31.2 Å². The van der Waals surface area contributed by atoms with Crippen LogP contribution in [0.4, 0.5) is 0 Å². The molecule has 0 radical (unpaired) electrons. The Kier molecular flexibility index (Phi) is 17.4. The highest BCUT2D eigenvalue weighted by atomic mass is 16.5. The standard InChI is InChI=1S/C14H18O2.C11H20O2/c1-2-3-4-8-11-16-14(15)12-13-9-6-5-7-10-13;1-4-5-6-7-8-13-11(12)9-10(2)3/h3-7,9-10H,2,8,11-12H2,1H3;5-6,10H,4,7-9H2,1-3H3/b;6-5-. The number of carbonyl (C=O) groups is 2. The summed E-state index contributed by atoms with van der Waals surface area (Å²) in [6, 6.07) is 9.64. The van der Waals surface area contributed by atoms with Crippen LogP contribution in [0.5, 0.6) is 0 Å². The molecule has 4 nitrogen and oxygen atoms in total. The van der Waals surface area contributed by atoms with E-state index in [9.17, 15) is 9.59 Å². The summed E-state index contributed by atoms with van der Waals surface area (Å²) in [7, 11) is 0. The summed E-state index contributed by atoms with van der Waals surface area (Å²) < 4.78 is 10.1. The smallest absolute Gasteiger partial charge is 0.310 e. The fourth-order valence-electron chi connectivity index (χ4n) is 2.26. The molecule has 0 saturated carbocycles. The van der Waals surface area contributed by atoms with E-state index in [1.54, 1.807) is 0 Å². The van der Waals surface area contributed by atoms with Crippen molar-refractivity contribution in [3.8, 4) is 0 Å². The topological polar surface area (TPSA) is 52.6 Å². The van der Waals surface area contributed by atoms with Gasteiger partial charge in [0, 0.05) is 6.42 Å². The molecule has 0 atom stereocenters. The van der Waals surface area contributed by atoms with Gasteiger partial charge < -0.3 is 9.47 Å². The van der Waals surface area contributed by atoms with Crippen LogP contribution in [0.3, 0.4) is 0 Å². The van der Waals surface area contributed by atoms with E-state index < -0.39 is 0 Å². The van der Waals surface area contributed by atoms with E-state index in [1.807, 2.05) is 56.3 Å². The molecule has 1 aromatic carbocycles. The van der Waals surface area contributed by atoms with Crippen molar-refractivity contribution >= 4 is 11.9 Å². The first-order valence-electron chi connectivity index (χ1n) is 10.6. The predicted octanol–water partition coefficient (Wildman–Crippen LogP) is 6.06. The minimum absolute atomic E-state index is 0.0834. The number of carbonyl (C=O) groups excluding carboxylic acids is 2. The maximum Gasteiger partial charge on any atom is 0.310 e. The Balaban J connectivity index is 0.000000555. The van der Waals surface area contributed by atoms with E-state index in [2.05, 4.69) is 26.0 Å². The number of allylic oxidation sites excluding steroid dienone is 2. The first-order valence-corrected chi connectivity index (χ1v) is 10.6. The predicted molar refractivity (Wildman–Crippen MR) is 120 cm³/mol. The van der Waals surface area contributed by atoms with Gasteiger partial charge in [-0.05, 0) is 37.2 Å². The zero-order valence-corrected chi connectivity index (χ0v) is 18.6. The van der Waals surface area contributed by atoms with Crippen LogP contribution in [0.15, 0.2) is 54.6 Å². The second kappa shape index (κ2) is 19.0. The van der Waals surface area contributed by atoms with Gasteiger partial charge in [-0.25, -0.2) is 0 Å². The molecule has 0 unspecified atom stereocenters. The normalized spacial score (nSPS) is 10.8. The lowest BCUT2D eigenvalue weighted by Crippen LogP contribution is -2.08. The van der Waals surface area contributed by atoms with Gasteiger partial charge >= 0.3 is 11.9 Å². The Morgan fingerprint density at radius 2 is 1.34 bits per heavy atom. The second-order valence-electron chi connectivity index (χ2n) is 7.04. The molecule has 0 amide bonds. The Bertz CT molecular complexity index is 588. The third-order valence-corrected chi connectivity index (χ3v) is 3.67. The summed E-state index contributed by atoms with van der Waals surface area (Å²) in [4.78, 5) is 22.4. The van der Waals surface area contributed by atoms with Crippen molar-refractivity contribution in [2.24, 2.45) is 5.92 Å². The molecule has 4 heteroatoms. The molecule has 0 aliphatic carbocycles. The van der Waals surface area contributed by atoms with Crippen molar-refractivity contribution in [3.63, 3.8) is 0 Å². The number of rotatable bonds is 12. The van der Waals surface area contributed by atoms with E-state index in [1.165, 1.54) is 0 Å². The maximum atomic E-state index is 11.4. The van der Waals surface area contributed by atoms with Gasteiger partial charge in [-0.15, -0.1) is 0 Å². The monoisotopic (exact) mass is 402 g/mol. The third-order valence-electron chi connectivity index (χ3n) is 3.67. The van der Waals surface area contributed by atoms with Crippen molar-refractivity contribution < 1.29 is 19.1 Å². The minimum atomic E-state index is -0.156. The quantitative estimate of drug-likeness (QED) is 0.242. The number of benzene rings is 1. The molecule has 162 valence electrons. The molecule has 0 spiro atoms. The fraction of sp³-hybridized carbons (Fsp3) is 0.520. The van der Waals surface area contributed by atoms with Gasteiger partial charge in [0.2, 0.25) is 0 Å². The van der Waals surface area contributed by atoms with Crippen LogP contribution in [0.1, 0.15) is 65.4 Å². The summed E-state index contributed by atoms with van der Waals surface area (Å²) in [6.07, 6.45) is 12.8. The molecule has 0 heterocycles. The van der Waals surface area contributed by atoms with Crippen LogP contribution in [0, 0.1) is 5.92 Å². The first-order chi connectivity index (χ1) is 14.0. The molecule has 29 heavy (non-hydrogen) atoms. The van der Waals surface area contributed by atoms with Gasteiger partial charge in [0.05, 0.1) is 19.6 Å². The van der Waals surface area contributed by atoms with E-state index in [4.69, 9.17) is 9.47 Å². The molecule has 1 rings (SSSR count). The SMILES string of the molecule is CC/C=C\CCOC(=O)CC(C)C.CCC=CCCOC(=O)Cc1ccccc1. The van der Waals surface area contributed by atoms with Gasteiger partial charge in [-0.1, -0.05) is 82.3 Å². The molecule has 1 aromatic rings. The van der Waals surface area contributed by atoms with Gasteiger partial charge in [-0.2, -0.15) is 0 Å². The van der Waals surface area contributed by atoms with Crippen LogP contribution in [0.25, 0.3) is 0 Å². The number of hydrogen-bond acceptors (Lipinski definition) is 4. The summed E-state index contributed by atoms with van der Waals surface area (Å²) in [5, 5.41) is 0. The number of hydrogen-bond donors (Lipinski definition) is 0. The van der Waals surface area contributed by atoms with Crippen molar-refractivity contribution in [1.82, 2.24) is 0 Å². The van der Waals surface area contributed by atoms with Gasteiger partial charge in [0.15, 0.2) is 0 Å². The summed E-state index contributed by atoms with van der Waals surface area (Å²) >= 11 is 0. The lowest BCUT2D eigenvalue weighted by molar-refractivity contribution is -0.144. The minimum Gasteiger partial charge on any atom is -0.465 e. The average Bonchev–Trinajstić information content (AvgIpc) is 2.68. The number of ether oxygens (including phenoxy) is 2. The van der Waals surface area contributed by atoms with E-state index >= 15 is 0 Å². The Hall–Kier alpha value is -2.36. The van der Waals surface area contributed by atoms with Crippen molar-refractivity contribution in [2.45, 2.75) is 66.2 Å². The molecule has 0 bridgehead atoms. The second-order valence-corrected chi connectivity index (χ2v) is 7.04. The van der Waals surface area contributed by atoms with Crippen molar-refractivity contribution in [1.29, 1.82) is 0 Å². The van der Waals surface area contributed by atoms with Gasteiger partial charge in [0.1, 0.15) is 0 Å². The first kappa shape index (κ1) is 26.6. The highest BCUT2D eigenvalue weighted by Crippen LogP contribution is 2.02. The molecule has 0 saturated heterocycles. The molecular weight excluding hydrogens is 364 g/mol. The zero-order chi connectivity index (χ0) is 21.7. The van der Waals surface area contributed by atoms with Crippen LogP contribution < -0.4 is 0 Å². The maximum absolute atomic E-state index is 11.4. The highest BCUT2D eigenvalue weighted by Gasteiger charge is 2.04. The molecule has 0 aliphatic rings. The number of esters is 2. The van der Waals surface area contributed by atoms with Gasteiger partial charge in [0.25, 0.3) is 0 Å². The molecule has 0 aliphatic heterocycles. The summed E-state index contributed by atoms with van der Waals surface area (Å²) in [6.45, 7) is 9.18. The van der Waals surface area contributed by atoms with Gasteiger partial charge in [-0.3, -0.25) is 9.59 Å². The highest BCUT2D eigenvalue weighted by molar-refractivity contribution is 5.72. The molecule has 0 N–H and O–H groups in total. The van der Waals surface area contributed by atoms with Crippen LogP contribution >= 0.6 is 0 Å². The van der Waals surface area contributed by atoms with E-state index in [-0.39, 0.29) is 11.9 Å². The Morgan fingerprint density at radius 3 is 1.83 bits per heavy atom. The zero-order valence-electron chi connectivity index (χ0n) is 18.6. The lowest BCUT2D eigenvalue weighted by atomic mass is 10.1. The van der Waals surface area contributed by atoms with Crippen LogP contribution in [-0.4, -0.2) is 25.2 Å². The molecule has 0 aromatic heterocycles. The van der Waals surface area contributed by atoms with Crippen LogP contribution in [-0.2, 0) is 25.5 Å². The molecular formula is C25H38O4. The van der Waals surface area contributed by atoms with E-state index in [0.29, 0.717) is 32.0 Å². The third kappa shape index (κ3) is 18.8. The average molecular weight is 403 g/mol. The Labute approximate surface area is 177 Å². The fourth-order valence-corrected chi connectivity index (χ4v) is 2.26. The van der Waals surface area contributed by atoms with Crippen molar-refractivity contribution in [2.75, 3.05) is 13.2 Å². The lowest BCUT2D eigenvalue weighted by Gasteiger charge is -2.04. The Morgan fingerprint density at radius 1 is 0.828 bits per heavy atom.